The molecule has 144 valence electrons. The fourth-order valence-electron chi connectivity index (χ4n) is 2.07. The number of rotatable bonds is 8. The van der Waals surface area contributed by atoms with E-state index in [2.05, 4.69) is 5.32 Å². The zero-order chi connectivity index (χ0) is 19.8. The maximum absolute atomic E-state index is 13.6. The SMILES string of the molecule is COc1ccc(C(=O)OCC(=O)N(C)CC(=O)NCc2ccco2)cc1F. The van der Waals surface area contributed by atoms with Gasteiger partial charge in [-0.05, 0) is 30.3 Å². The van der Waals surface area contributed by atoms with Gasteiger partial charge in [0.25, 0.3) is 5.91 Å². The Labute approximate surface area is 154 Å². The van der Waals surface area contributed by atoms with Crippen molar-refractivity contribution in [2.45, 2.75) is 6.54 Å². The molecule has 0 aliphatic carbocycles. The van der Waals surface area contributed by atoms with Crippen LogP contribution in [0.5, 0.6) is 5.75 Å². The highest BCUT2D eigenvalue weighted by molar-refractivity contribution is 5.92. The molecule has 1 aromatic carbocycles. The van der Waals surface area contributed by atoms with E-state index in [1.807, 2.05) is 0 Å². The molecule has 0 atom stereocenters. The first-order valence-electron chi connectivity index (χ1n) is 7.94. The second-order valence-corrected chi connectivity index (χ2v) is 5.53. The first-order valence-corrected chi connectivity index (χ1v) is 7.94. The Kier molecular flexibility index (Phi) is 6.93. The minimum absolute atomic E-state index is 0.0112. The lowest BCUT2D eigenvalue weighted by atomic mass is 10.2. The third kappa shape index (κ3) is 5.84. The predicted octanol–water partition coefficient (Wildman–Crippen LogP) is 1.36. The zero-order valence-electron chi connectivity index (χ0n) is 14.9. The summed E-state index contributed by atoms with van der Waals surface area (Å²) >= 11 is 0. The van der Waals surface area contributed by atoms with E-state index in [-0.39, 0.29) is 24.4 Å². The van der Waals surface area contributed by atoms with Crippen LogP contribution in [0.1, 0.15) is 16.1 Å². The third-order valence-corrected chi connectivity index (χ3v) is 3.56. The molecule has 0 spiro atoms. The fourth-order valence-corrected chi connectivity index (χ4v) is 2.07. The lowest BCUT2D eigenvalue weighted by Gasteiger charge is -2.16. The third-order valence-electron chi connectivity index (χ3n) is 3.56. The Morgan fingerprint density at radius 2 is 2.04 bits per heavy atom. The van der Waals surface area contributed by atoms with Gasteiger partial charge < -0.3 is 24.1 Å². The summed E-state index contributed by atoms with van der Waals surface area (Å²) in [5, 5.41) is 2.59. The second kappa shape index (κ2) is 9.37. The van der Waals surface area contributed by atoms with Gasteiger partial charge in [-0.3, -0.25) is 9.59 Å². The molecule has 1 N–H and O–H groups in total. The minimum atomic E-state index is -0.861. The number of carbonyl (C=O) groups is 3. The number of likely N-dealkylation sites (N-methyl/N-ethyl adjacent to an activating group) is 1. The highest BCUT2D eigenvalue weighted by atomic mass is 19.1. The van der Waals surface area contributed by atoms with Crippen LogP contribution in [0.25, 0.3) is 0 Å². The number of nitrogens with zero attached hydrogens (tertiary/aromatic N) is 1. The van der Waals surface area contributed by atoms with Crippen molar-refractivity contribution < 1.29 is 32.7 Å². The largest absolute Gasteiger partial charge is 0.494 e. The van der Waals surface area contributed by atoms with Crippen molar-refractivity contribution in [3.05, 3.63) is 53.7 Å². The molecule has 9 heteroatoms. The van der Waals surface area contributed by atoms with Gasteiger partial charge in [0.2, 0.25) is 5.91 Å². The van der Waals surface area contributed by atoms with E-state index in [1.54, 1.807) is 12.1 Å². The summed E-state index contributed by atoms with van der Waals surface area (Å²) in [6.07, 6.45) is 1.49. The predicted molar refractivity (Wildman–Crippen MR) is 91.4 cm³/mol. The first-order chi connectivity index (χ1) is 12.9. The van der Waals surface area contributed by atoms with Crippen LogP contribution in [0, 0.1) is 5.82 Å². The van der Waals surface area contributed by atoms with E-state index in [0.29, 0.717) is 5.76 Å². The smallest absolute Gasteiger partial charge is 0.338 e. The standard InChI is InChI=1S/C18H19FN2O6/c1-21(10-16(22)20-9-13-4-3-7-26-13)17(23)11-27-18(24)12-5-6-15(25-2)14(19)8-12/h3-8H,9-11H2,1-2H3,(H,20,22). The summed E-state index contributed by atoms with van der Waals surface area (Å²) in [7, 11) is 2.70. The molecule has 0 radical (unpaired) electrons. The first kappa shape index (κ1) is 20.0. The van der Waals surface area contributed by atoms with Gasteiger partial charge >= 0.3 is 5.97 Å². The van der Waals surface area contributed by atoms with Crippen LogP contribution in [0.2, 0.25) is 0 Å². The van der Waals surface area contributed by atoms with Crippen molar-refractivity contribution in [1.82, 2.24) is 10.2 Å². The molecule has 0 saturated carbocycles. The van der Waals surface area contributed by atoms with Crippen molar-refractivity contribution in [3.63, 3.8) is 0 Å². The Morgan fingerprint density at radius 3 is 2.67 bits per heavy atom. The number of hydrogen-bond donors (Lipinski definition) is 1. The van der Waals surface area contributed by atoms with Gasteiger partial charge in [-0.25, -0.2) is 9.18 Å². The molecule has 2 amide bonds. The van der Waals surface area contributed by atoms with Gasteiger partial charge in [0.05, 0.1) is 32.0 Å². The Hall–Kier alpha value is -3.36. The second-order valence-electron chi connectivity index (χ2n) is 5.53. The van der Waals surface area contributed by atoms with Crippen LogP contribution >= 0.6 is 0 Å². The fraction of sp³-hybridized carbons (Fsp3) is 0.278. The summed E-state index contributed by atoms with van der Waals surface area (Å²) in [5.41, 5.74) is -0.0556. The van der Waals surface area contributed by atoms with E-state index in [1.165, 1.54) is 32.6 Å². The number of nitrogens with one attached hydrogen (secondary N) is 1. The van der Waals surface area contributed by atoms with Crippen molar-refractivity contribution >= 4 is 17.8 Å². The van der Waals surface area contributed by atoms with Crippen molar-refractivity contribution in [2.75, 3.05) is 27.3 Å². The molecule has 0 fully saturated rings. The quantitative estimate of drug-likeness (QED) is 0.697. The topological polar surface area (TPSA) is 98.1 Å². The number of esters is 1. The summed E-state index contributed by atoms with van der Waals surface area (Å²) in [5.74, 6) is -1.98. The number of ether oxygens (including phenoxy) is 2. The lowest BCUT2D eigenvalue weighted by Crippen LogP contribution is -2.39. The number of methoxy groups -OCH3 is 1. The number of furan rings is 1. The summed E-state index contributed by atoms with van der Waals surface area (Å²) in [4.78, 5) is 36.8. The molecule has 27 heavy (non-hydrogen) atoms. The van der Waals surface area contributed by atoms with Crippen LogP contribution in [0.15, 0.2) is 41.0 Å². The number of benzene rings is 1. The van der Waals surface area contributed by atoms with E-state index in [0.717, 1.165) is 11.0 Å². The molecule has 0 bridgehead atoms. The van der Waals surface area contributed by atoms with E-state index >= 15 is 0 Å². The number of carbonyl (C=O) groups excluding carboxylic acids is 3. The monoisotopic (exact) mass is 378 g/mol. The van der Waals surface area contributed by atoms with Gasteiger partial charge in [-0.2, -0.15) is 0 Å². The van der Waals surface area contributed by atoms with Gasteiger partial charge in [0.1, 0.15) is 5.76 Å². The Bertz CT molecular complexity index is 806. The normalized spacial score (nSPS) is 10.2. The molecule has 1 heterocycles. The molecule has 2 aromatic rings. The molecular formula is C18H19FN2O6. The maximum atomic E-state index is 13.6. The van der Waals surface area contributed by atoms with Crippen LogP contribution in [-0.4, -0.2) is 50.0 Å². The van der Waals surface area contributed by atoms with Crippen LogP contribution in [0.4, 0.5) is 4.39 Å². The number of amides is 2. The molecule has 0 aliphatic heterocycles. The highest BCUT2D eigenvalue weighted by Gasteiger charge is 2.17. The Morgan fingerprint density at radius 1 is 1.26 bits per heavy atom. The average molecular weight is 378 g/mol. The summed E-state index contributed by atoms with van der Waals surface area (Å²) < 4.78 is 28.3. The Balaban J connectivity index is 1.77. The molecule has 0 saturated heterocycles. The molecule has 8 nitrogen and oxygen atoms in total. The zero-order valence-corrected chi connectivity index (χ0v) is 14.9. The molecule has 2 rings (SSSR count). The van der Waals surface area contributed by atoms with Gasteiger partial charge in [0, 0.05) is 7.05 Å². The van der Waals surface area contributed by atoms with Gasteiger partial charge in [-0.1, -0.05) is 0 Å². The summed E-state index contributed by atoms with van der Waals surface area (Å²) in [6, 6.07) is 6.96. The van der Waals surface area contributed by atoms with Gasteiger partial charge in [-0.15, -0.1) is 0 Å². The average Bonchev–Trinajstić information content (AvgIpc) is 3.17. The van der Waals surface area contributed by atoms with E-state index < -0.39 is 30.2 Å². The van der Waals surface area contributed by atoms with Crippen LogP contribution in [0.3, 0.4) is 0 Å². The maximum Gasteiger partial charge on any atom is 0.338 e. The minimum Gasteiger partial charge on any atom is -0.494 e. The summed E-state index contributed by atoms with van der Waals surface area (Å²) in [6.45, 7) is -0.589. The van der Waals surface area contributed by atoms with Crippen LogP contribution < -0.4 is 10.1 Å². The van der Waals surface area contributed by atoms with E-state index in [9.17, 15) is 18.8 Å². The number of halogens is 1. The molecule has 0 unspecified atom stereocenters. The lowest BCUT2D eigenvalue weighted by molar-refractivity contribution is -0.137. The number of hydrogen-bond acceptors (Lipinski definition) is 6. The van der Waals surface area contributed by atoms with E-state index in [4.69, 9.17) is 13.9 Å². The molecule has 0 aliphatic rings. The van der Waals surface area contributed by atoms with Crippen molar-refractivity contribution in [2.24, 2.45) is 0 Å². The highest BCUT2D eigenvalue weighted by Crippen LogP contribution is 2.18. The molecular weight excluding hydrogens is 359 g/mol. The van der Waals surface area contributed by atoms with Gasteiger partial charge in [0.15, 0.2) is 18.2 Å². The van der Waals surface area contributed by atoms with Crippen molar-refractivity contribution in [3.8, 4) is 5.75 Å². The van der Waals surface area contributed by atoms with Crippen molar-refractivity contribution in [1.29, 1.82) is 0 Å². The molecule has 1 aromatic heterocycles. The van der Waals surface area contributed by atoms with Crippen LogP contribution in [-0.2, 0) is 20.9 Å².